The van der Waals surface area contributed by atoms with Crippen LogP contribution in [0.5, 0.6) is 0 Å². The number of hydrogen-bond acceptors (Lipinski definition) is 3. The number of aryl methyl sites for hydroxylation is 1. The van der Waals surface area contributed by atoms with Crippen LogP contribution in [-0.2, 0) is 0 Å². The maximum absolute atomic E-state index is 14.1. The van der Waals surface area contributed by atoms with Crippen LogP contribution in [0.25, 0.3) is 55.8 Å². The van der Waals surface area contributed by atoms with Crippen molar-refractivity contribution in [2.75, 3.05) is 0 Å². The van der Waals surface area contributed by atoms with Crippen molar-refractivity contribution in [2.24, 2.45) is 0 Å². The molecule has 0 aliphatic heterocycles. The van der Waals surface area contributed by atoms with Gasteiger partial charge in [0.05, 0.1) is 22.6 Å². The van der Waals surface area contributed by atoms with Gasteiger partial charge in [-0.2, -0.15) is 5.10 Å². The number of pyridine rings is 2. The van der Waals surface area contributed by atoms with Crippen molar-refractivity contribution >= 4 is 21.9 Å². The van der Waals surface area contributed by atoms with Crippen molar-refractivity contribution in [1.82, 2.24) is 25.1 Å². The average Bonchev–Trinajstić information content (AvgIpc) is 3.42. The van der Waals surface area contributed by atoms with E-state index in [-0.39, 0.29) is 5.82 Å². The molecule has 6 rings (SSSR count). The van der Waals surface area contributed by atoms with E-state index in [1.165, 1.54) is 6.07 Å². The average molecular weight is 419 g/mol. The smallest absolute Gasteiger partial charge is 0.135 e. The van der Waals surface area contributed by atoms with Crippen LogP contribution in [0.15, 0.2) is 79.0 Å². The van der Waals surface area contributed by atoms with Gasteiger partial charge in [-0.1, -0.05) is 24.3 Å². The molecule has 0 radical (unpaired) electrons. The van der Waals surface area contributed by atoms with Gasteiger partial charge in [0.25, 0.3) is 0 Å². The van der Waals surface area contributed by atoms with E-state index in [0.29, 0.717) is 0 Å². The molecule has 154 valence electrons. The minimum atomic E-state index is -0.239. The number of nitrogens with zero attached hydrogens (tertiary/aromatic N) is 3. The van der Waals surface area contributed by atoms with Crippen molar-refractivity contribution in [1.29, 1.82) is 0 Å². The van der Waals surface area contributed by atoms with Crippen LogP contribution in [0.1, 0.15) is 5.56 Å². The lowest BCUT2D eigenvalue weighted by atomic mass is 10.00. The summed E-state index contributed by atoms with van der Waals surface area (Å²) in [6.07, 6.45) is 1.75. The van der Waals surface area contributed by atoms with Crippen LogP contribution < -0.4 is 0 Å². The van der Waals surface area contributed by atoms with Crippen LogP contribution in [0.4, 0.5) is 4.39 Å². The second-order valence-electron chi connectivity index (χ2n) is 7.85. The highest BCUT2D eigenvalue weighted by atomic mass is 19.1. The van der Waals surface area contributed by atoms with E-state index < -0.39 is 0 Å². The Bertz CT molecular complexity index is 1580. The number of halogens is 1. The third-order valence-corrected chi connectivity index (χ3v) is 5.61. The summed E-state index contributed by atoms with van der Waals surface area (Å²) in [4.78, 5) is 12.7. The molecular weight excluding hydrogens is 401 g/mol. The highest BCUT2D eigenvalue weighted by Gasteiger charge is 2.16. The SMILES string of the molecule is Cc1cc(F)cc(-c2cccc3[nH]c(-c4n[nH]c5ccc(-c6ccccn6)nc45)cc23)c1. The first-order chi connectivity index (χ1) is 15.7. The lowest BCUT2D eigenvalue weighted by molar-refractivity contribution is 0.627. The number of rotatable bonds is 3. The summed E-state index contributed by atoms with van der Waals surface area (Å²) in [5, 5.41) is 8.60. The number of fused-ring (bicyclic) bond motifs is 2. The minimum absolute atomic E-state index is 0.239. The molecule has 6 heteroatoms. The number of benzene rings is 2. The molecule has 0 spiro atoms. The lowest BCUT2D eigenvalue weighted by Gasteiger charge is -2.05. The molecule has 0 unspecified atom stereocenters. The molecular formula is C26H18FN5. The predicted octanol–water partition coefficient (Wildman–Crippen LogP) is 6.28. The van der Waals surface area contributed by atoms with Gasteiger partial charge >= 0.3 is 0 Å². The molecule has 0 saturated heterocycles. The van der Waals surface area contributed by atoms with Gasteiger partial charge in [0.2, 0.25) is 0 Å². The summed E-state index contributed by atoms with van der Waals surface area (Å²) in [7, 11) is 0. The monoisotopic (exact) mass is 419 g/mol. The second-order valence-corrected chi connectivity index (χ2v) is 7.85. The first-order valence-electron chi connectivity index (χ1n) is 10.3. The Hall–Kier alpha value is -4.32. The number of H-pyrrole nitrogens is 2. The number of nitrogens with one attached hydrogen (secondary N) is 2. The van der Waals surface area contributed by atoms with Gasteiger partial charge in [0, 0.05) is 17.1 Å². The third-order valence-electron chi connectivity index (χ3n) is 5.61. The van der Waals surface area contributed by atoms with E-state index in [4.69, 9.17) is 4.98 Å². The first kappa shape index (κ1) is 18.4. The zero-order valence-corrected chi connectivity index (χ0v) is 17.2. The fourth-order valence-electron chi connectivity index (χ4n) is 4.17. The van der Waals surface area contributed by atoms with Crippen molar-refractivity contribution in [3.8, 4) is 33.9 Å². The van der Waals surface area contributed by atoms with E-state index in [9.17, 15) is 4.39 Å². The Morgan fingerprint density at radius 3 is 2.62 bits per heavy atom. The molecule has 0 saturated carbocycles. The molecule has 0 aliphatic rings. The topological polar surface area (TPSA) is 70.2 Å². The molecule has 0 bridgehead atoms. The maximum Gasteiger partial charge on any atom is 0.135 e. The van der Waals surface area contributed by atoms with E-state index in [0.717, 1.165) is 61.4 Å². The van der Waals surface area contributed by atoms with Crippen LogP contribution in [0.2, 0.25) is 0 Å². The van der Waals surface area contributed by atoms with Gasteiger partial charge in [-0.3, -0.25) is 10.1 Å². The Morgan fingerprint density at radius 1 is 0.844 bits per heavy atom. The van der Waals surface area contributed by atoms with Gasteiger partial charge in [0.15, 0.2) is 0 Å². The summed E-state index contributed by atoms with van der Waals surface area (Å²) < 4.78 is 14.1. The summed E-state index contributed by atoms with van der Waals surface area (Å²) in [6.45, 7) is 1.90. The molecule has 0 fully saturated rings. The van der Waals surface area contributed by atoms with Crippen molar-refractivity contribution in [2.45, 2.75) is 6.92 Å². The zero-order chi connectivity index (χ0) is 21.7. The number of hydrogen-bond donors (Lipinski definition) is 2. The zero-order valence-electron chi connectivity index (χ0n) is 17.2. The normalized spacial score (nSPS) is 11.4. The van der Waals surface area contributed by atoms with Crippen molar-refractivity contribution < 1.29 is 4.39 Å². The molecule has 6 aromatic rings. The maximum atomic E-state index is 14.1. The first-order valence-corrected chi connectivity index (χ1v) is 10.3. The lowest BCUT2D eigenvalue weighted by Crippen LogP contribution is -1.87. The quantitative estimate of drug-likeness (QED) is 0.354. The second kappa shape index (κ2) is 7.13. The van der Waals surface area contributed by atoms with Crippen LogP contribution in [-0.4, -0.2) is 25.1 Å². The third kappa shape index (κ3) is 3.04. The summed E-state index contributed by atoms with van der Waals surface area (Å²) >= 11 is 0. The van der Waals surface area contributed by atoms with Gasteiger partial charge in [0.1, 0.15) is 17.0 Å². The van der Waals surface area contributed by atoms with Gasteiger partial charge in [-0.15, -0.1) is 0 Å². The highest BCUT2D eigenvalue weighted by molar-refractivity contribution is 6.00. The number of aromatic amines is 2. The molecule has 0 atom stereocenters. The fourth-order valence-corrected chi connectivity index (χ4v) is 4.17. The number of aromatic nitrogens is 5. The van der Waals surface area contributed by atoms with Crippen LogP contribution in [0.3, 0.4) is 0 Å². The molecule has 4 heterocycles. The van der Waals surface area contributed by atoms with Gasteiger partial charge in [-0.05, 0) is 72.1 Å². The molecule has 32 heavy (non-hydrogen) atoms. The fraction of sp³-hybridized carbons (Fsp3) is 0.0385. The molecule has 5 nitrogen and oxygen atoms in total. The van der Waals surface area contributed by atoms with Crippen molar-refractivity contribution in [3.05, 3.63) is 90.4 Å². The molecule has 0 amide bonds. The van der Waals surface area contributed by atoms with Crippen LogP contribution >= 0.6 is 0 Å². The minimum Gasteiger partial charge on any atom is -0.353 e. The summed E-state index contributed by atoms with van der Waals surface area (Å²) in [6, 6.07) is 22.8. The Morgan fingerprint density at radius 2 is 1.78 bits per heavy atom. The van der Waals surface area contributed by atoms with E-state index >= 15 is 0 Å². The summed E-state index contributed by atoms with van der Waals surface area (Å²) in [5.41, 5.74) is 8.44. The standard InChI is InChI=1S/C26H18FN5/c1-15-11-16(13-17(27)12-15)18-5-4-7-20-19(18)14-24(29-20)26-25-23(31-32-26)9-8-22(30-25)21-6-2-3-10-28-21/h2-14,29H,1H3,(H,31,32). The molecule has 2 N–H and O–H groups in total. The van der Waals surface area contributed by atoms with Crippen LogP contribution in [0, 0.1) is 12.7 Å². The molecule has 2 aromatic carbocycles. The van der Waals surface area contributed by atoms with Gasteiger partial charge < -0.3 is 4.98 Å². The predicted molar refractivity (Wildman–Crippen MR) is 125 cm³/mol. The Balaban J connectivity index is 1.52. The van der Waals surface area contributed by atoms with E-state index in [2.05, 4.69) is 26.2 Å². The molecule has 0 aliphatic carbocycles. The summed E-state index contributed by atoms with van der Waals surface area (Å²) in [5.74, 6) is -0.239. The highest BCUT2D eigenvalue weighted by Crippen LogP contribution is 2.34. The van der Waals surface area contributed by atoms with Crippen molar-refractivity contribution in [3.63, 3.8) is 0 Å². The largest absolute Gasteiger partial charge is 0.353 e. The Labute approximate surface area is 183 Å². The Kier molecular flexibility index (Phi) is 4.11. The van der Waals surface area contributed by atoms with Gasteiger partial charge in [-0.25, -0.2) is 9.37 Å². The van der Waals surface area contributed by atoms with E-state index in [1.54, 1.807) is 12.3 Å². The van der Waals surface area contributed by atoms with E-state index in [1.807, 2.05) is 61.5 Å². The molecule has 4 aromatic heterocycles.